The lowest BCUT2D eigenvalue weighted by Gasteiger charge is -2.26. The fourth-order valence-corrected chi connectivity index (χ4v) is 4.72. The molecule has 1 saturated carbocycles. The fourth-order valence-electron chi connectivity index (χ4n) is 4.05. The number of aromatic nitrogens is 5. The average Bonchev–Trinajstić information content (AvgIpc) is 3.51. The SMILES string of the molecule is O=C(O)c1cc(-n2cc(C3CCC(C(=O)NCCCCc4nccs4)CC3)nn2)ccn1. The van der Waals surface area contributed by atoms with Crippen LogP contribution < -0.4 is 5.32 Å². The maximum Gasteiger partial charge on any atom is 0.354 e. The second-order valence-electron chi connectivity index (χ2n) is 8.01. The number of pyridine rings is 1. The van der Waals surface area contributed by atoms with Gasteiger partial charge in [-0.25, -0.2) is 19.4 Å². The number of nitrogens with one attached hydrogen (secondary N) is 1. The Morgan fingerprint density at radius 1 is 1.16 bits per heavy atom. The summed E-state index contributed by atoms with van der Waals surface area (Å²) < 4.78 is 1.58. The minimum atomic E-state index is -1.08. The van der Waals surface area contributed by atoms with E-state index in [-0.39, 0.29) is 23.4 Å². The molecule has 168 valence electrons. The zero-order valence-corrected chi connectivity index (χ0v) is 18.5. The highest BCUT2D eigenvalue weighted by molar-refractivity contribution is 7.09. The molecule has 0 radical (unpaired) electrons. The van der Waals surface area contributed by atoms with Crippen LogP contribution in [0.1, 0.15) is 65.6 Å². The summed E-state index contributed by atoms with van der Waals surface area (Å²) in [6.45, 7) is 0.711. The standard InChI is InChI=1S/C22H26N6O3S/c29-21(25-9-2-1-3-20-24-11-12-32-20)16-6-4-15(5-7-16)19-14-28(27-26-19)17-8-10-23-18(13-17)22(30)31/h8,10-16H,1-7,9H2,(H,25,29)(H,30,31). The number of carbonyl (C=O) groups is 2. The molecule has 1 fully saturated rings. The van der Waals surface area contributed by atoms with Gasteiger partial charge in [-0.05, 0) is 57.1 Å². The van der Waals surface area contributed by atoms with E-state index in [1.165, 1.54) is 12.3 Å². The summed E-state index contributed by atoms with van der Waals surface area (Å²) in [7, 11) is 0. The molecule has 0 spiro atoms. The smallest absolute Gasteiger partial charge is 0.354 e. The third kappa shape index (κ3) is 5.56. The Balaban J connectivity index is 1.22. The van der Waals surface area contributed by atoms with Crippen LogP contribution in [-0.2, 0) is 11.2 Å². The van der Waals surface area contributed by atoms with E-state index < -0.39 is 5.97 Å². The van der Waals surface area contributed by atoms with Crippen LogP contribution in [0.3, 0.4) is 0 Å². The van der Waals surface area contributed by atoms with Gasteiger partial charge in [0.05, 0.1) is 22.6 Å². The van der Waals surface area contributed by atoms with Crippen molar-refractivity contribution in [1.29, 1.82) is 0 Å². The number of carboxylic acids is 1. The molecule has 0 atom stereocenters. The fraction of sp³-hybridized carbons (Fsp3) is 0.455. The van der Waals surface area contributed by atoms with Gasteiger partial charge in [0.1, 0.15) is 5.69 Å². The maximum atomic E-state index is 12.5. The predicted molar refractivity (Wildman–Crippen MR) is 119 cm³/mol. The second kappa shape index (κ2) is 10.4. The van der Waals surface area contributed by atoms with Gasteiger partial charge in [-0.15, -0.1) is 16.4 Å². The van der Waals surface area contributed by atoms with E-state index in [0.717, 1.165) is 55.6 Å². The predicted octanol–water partition coefficient (Wildman–Crippen LogP) is 3.23. The van der Waals surface area contributed by atoms with E-state index in [2.05, 4.69) is 25.6 Å². The Morgan fingerprint density at radius 2 is 2.00 bits per heavy atom. The van der Waals surface area contributed by atoms with Crippen molar-refractivity contribution in [2.24, 2.45) is 5.92 Å². The Kier molecular flexibility index (Phi) is 7.21. The van der Waals surface area contributed by atoms with Crippen LogP contribution in [-0.4, -0.2) is 48.5 Å². The Labute approximate surface area is 189 Å². The minimum Gasteiger partial charge on any atom is -0.477 e. The van der Waals surface area contributed by atoms with Crippen LogP contribution in [0, 0.1) is 5.92 Å². The van der Waals surface area contributed by atoms with Gasteiger partial charge in [-0.1, -0.05) is 5.21 Å². The van der Waals surface area contributed by atoms with E-state index in [1.807, 2.05) is 17.8 Å². The van der Waals surface area contributed by atoms with Crippen molar-refractivity contribution in [3.05, 3.63) is 52.5 Å². The topological polar surface area (TPSA) is 123 Å². The summed E-state index contributed by atoms with van der Waals surface area (Å²) >= 11 is 1.67. The summed E-state index contributed by atoms with van der Waals surface area (Å²) in [6, 6.07) is 3.17. The first kappa shape index (κ1) is 22.1. The van der Waals surface area contributed by atoms with Gasteiger partial charge in [0.25, 0.3) is 0 Å². The molecule has 3 aromatic heterocycles. The number of aromatic carboxylic acids is 1. The molecule has 0 bridgehead atoms. The van der Waals surface area contributed by atoms with Crippen molar-refractivity contribution in [1.82, 2.24) is 30.3 Å². The molecule has 2 N–H and O–H groups in total. The number of amides is 1. The summed E-state index contributed by atoms with van der Waals surface area (Å²) in [5.41, 5.74) is 1.45. The minimum absolute atomic E-state index is 0.0331. The molecule has 1 aliphatic carbocycles. The first-order chi connectivity index (χ1) is 15.6. The molecular weight excluding hydrogens is 428 g/mol. The molecule has 1 amide bonds. The third-order valence-electron chi connectivity index (χ3n) is 5.85. The molecule has 1 aliphatic rings. The second-order valence-corrected chi connectivity index (χ2v) is 8.99. The van der Waals surface area contributed by atoms with Gasteiger partial charge in [-0.3, -0.25) is 4.79 Å². The number of hydrogen-bond donors (Lipinski definition) is 2. The molecule has 9 nitrogen and oxygen atoms in total. The Morgan fingerprint density at radius 3 is 2.75 bits per heavy atom. The monoisotopic (exact) mass is 454 g/mol. The Hall–Kier alpha value is -3.14. The van der Waals surface area contributed by atoms with Gasteiger partial charge in [0.15, 0.2) is 0 Å². The highest BCUT2D eigenvalue weighted by Crippen LogP contribution is 2.35. The number of hydrogen-bond acceptors (Lipinski definition) is 7. The van der Waals surface area contributed by atoms with E-state index in [4.69, 9.17) is 5.11 Å². The molecule has 32 heavy (non-hydrogen) atoms. The summed E-state index contributed by atoms with van der Waals surface area (Å²) in [4.78, 5) is 31.7. The summed E-state index contributed by atoms with van der Waals surface area (Å²) in [6.07, 6.45) is 11.5. The quantitative estimate of drug-likeness (QED) is 0.476. The molecule has 0 unspecified atom stereocenters. The molecular formula is C22H26N6O3S. The van der Waals surface area contributed by atoms with Crippen LogP contribution in [0.25, 0.3) is 5.69 Å². The van der Waals surface area contributed by atoms with Crippen molar-refractivity contribution >= 4 is 23.2 Å². The number of carboxylic acid groups (broad SMARTS) is 1. The number of aryl methyl sites for hydroxylation is 1. The number of thiazole rings is 1. The van der Waals surface area contributed by atoms with Gasteiger partial charge in [0, 0.05) is 36.2 Å². The van der Waals surface area contributed by atoms with Crippen LogP contribution in [0.4, 0.5) is 0 Å². The van der Waals surface area contributed by atoms with Crippen LogP contribution in [0.15, 0.2) is 36.1 Å². The maximum absolute atomic E-state index is 12.5. The summed E-state index contributed by atoms with van der Waals surface area (Å²) in [5, 5.41) is 23.8. The molecule has 3 heterocycles. The van der Waals surface area contributed by atoms with Crippen molar-refractivity contribution in [2.75, 3.05) is 6.54 Å². The first-order valence-electron chi connectivity index (χ1n) is 10.9. The lowest BCUT2D eigenvalue weighted by molar-refractivity contribution is -0.126. The van der Waals surface area contributed by atoms with Crippen LogP contribution >= 0.6 is 11.3 Å². The van der Waals surface area contributed by atoms with Crippen molar-refractivity contribution in [3.8, 4) is 5.69 Å². The zero-order chi connectivity index (χ0) is 22.3. The number of nitrogens with zero attached hydrogens (tertiary/aromatic N) is 5. The van der Waals surface area contributed by atoms with E-state index in [0.29, 0.717) is 12.2 Å². The van der Waals surface area contributed by atoms with Crippen LogP contribution in [0.5, 0.6) is 0 Å². The highest BCUT2D eigenvalue weighted by atomic mass is 32.1. The number of carbonyl (C=O) groups excluding carboxylic acids is 1. The van der Waals surface area contributed by atoms with E-state index in [1.54, 1.807) is 22.1 Å². The largest absolute Gasteiger partial charge is 0.477 e. The first-order valence-corrected chi connectivity index (χ1v) is 11.8. The normalized spacial score (nSPS) is 18.4. The summed E-state index contributed by atoms with van der Waals surface area (Å²) in [5.74, 6) is -0.617. The number of rotatable bonds is 9. The Bertz CT molecular complexity index is 1040. The zero-order valence-electron chi connectivity index (χ0n) is 17.7. The van der Waals surface area contributed by atoms with Gasteiger partial charge >= 0.3 is 5.97 Å². The number of unbranched alkanes of at least 4 members (excludes halogenated alkanes) is 1. The van der Waals surface area contributed by atoms with Crippen molar-refractivity contribution in [2.45, 2.75) is 50.9 Å². The van der Waals surface area contributed by atoms with Crippen molar-refractivity contribution < 1.29 is 14.7 Å². The van der Waals surface area contributed by atoms with Gasteiger partial charge in [-0.2, -0.15) is 0 Å². The molecule has 3 aromatic rings. The van der Waals surface area contributed by atoms with Gasteiger partial charge < -0.3 is 10.4 Å². The van der Waals surface area contributed by atoms with Crippen LogP contribution in [0.2, 0.25) is 0 Å². The molecule has 0 aliphatic heterocycles. The molecule has 4 rings (SSSR count). The average molecular weight is 455 g/mol. The van der Waals surface area contributed by atoms with E-state index >= 15 is 0 Å². The lowest BCUT2D eigenvalue weighted by Crippen LogP contribution is -2.33. The van der Waals surface area contributed by atoms with E-state index in [9.17, 15) is 9.59 Å². The molecule has 0 aromatic carbocycles. The highest BCUT2D eigenvalue weighted by Gasteiger charge is 2.28. The third-order valence-corrected chi connectivity index (χ3v) is 6.69. The molecule has 10 heteroatoms. The van der Waals surface area contributed by atoms with Gasteiger partial charge in [0.2, 0.25) is 5.91 Å². The molecule has 0 saturated heterocycles. The lowest BCUT2D eigenvalue weighted by atomic mass is 9.80. The van der Waals surface area contributed by atoms with Crippen molar-refractivity contribution in [3.63, 3.8) is 0 Å².